The summed E-state index contributed by atoms with van der Waals surface area (Å²) in [4.78, 5) is 23.8. The Morgan fingerprint density at radius 2 is 1.93 bits per heavy atom. The summed E-state index contributed by atoms with van der Waals surface area (Å²) in [6.45, 7) is 7.23. The van der Waals surface area contributed by atoms with E-state index in [1.807, 2.05) is 0 Å². The Morgan fingerprint density at radius 3 is 2.20 bits per heavy atom. The predicted molar refractivity (Wildman–Crippen MR) is 53.6 cm³/mol. The van der Waals surface area contributed by atoms with Crippen LogP contribution in [0.25, 0.3) is 0 Å². The minimum absolute atomic E-state index is 0.442. The van der Waals surface area contributed by atoms with E-state index in [-0.39, 0.29) is 0 Å². The number of hydrogen-bond donors (Lipinski definition) is 1. The van der Waals surface area contributed by atoms with Crippen LogP contribution in [0.5, 0.6) is 0 Å². The van der Waals surface area contributed by atoms with Crippen LogP contribution in [-0.2, 0) is 9.53 Å². The van der Waals surface area contributed by atoms with Crippen LogP contribution >= 0.6 is 0 Å². The Balaban J connectivity index is 2.67. The summed E-state index contributed by atoms with van der Waals surface area (Å²) < 4.78 is 5.11. The molecule has 0 radical (unpaired) electrons. The van der Waals surface area contributed by atoms with Gasteiger partial charge in [-0.1, -0.05) is 0 Å². The predicted octanol–water partition coefficient (Wildman–Crippen LogP) is 1.47. The summed E-state index contributed by atoms with van der Waals surface area (Å²) in [5.41, 5.74) is -1.69. The van der Waals surface area contributed by atoms with Crippen molar-refractivity contribution < 1.29 is 19.4 Å². The highest BCUT2D eigenvalue weighted by Crippen LogP contribution is 2.31. The normalized spacial score (nSPS) is 25.7. The molecule has 0 spiro atoms. The molecule has 86 valence electrons. The van der Waals surface area contributed by atoms with Gasteiger partial charge in [-0.05, 0) is 34.1 Å². The molecular weight excluding hydrogens is 198 g/mol. The van der Waals surface area contributed by atoms with Gasteiger partial charge in [-0.3, -0.25) is 4.90 Å². The number of aliphatic carboxylic acids is 1. The van der Waals surface area contributed by atoms with Crippen LogP contribution in [-0.4, -0.2) is 39.8 Å². The summed E-state index contributed by atoms with van der Waals surface area (Å²) in [7, 11) is 0. The topological polar surface area (TPSA) is 66.8 Å². The van der Waals surface area contributed by atoms with E-state index < -0.39 is 23.2 Å². The third kappa shape index (κ3) is 2.22. The lowest BCUT2D eigenvalue weighted by Gasteiger charge is -2.46. The molecule has 15 heavy (non-hydrogen) atoms. The maximum atomic E-state index is 11.6. The van der Waals surface area contributed by atoms with E-state index in [1.54, 1.807) is 20.8 Å². The van der Waals surface area contributed by atoms with Gasteiger partial charge in [0, 0.05) is 6.54 Å². The van der Waals surface area contributed by atoms with Crippen molar-refractivity contribution in [2.45, 2.75) is 45.3 Å². The zero-order chi connectivity index (χ0) is 11.9. The molecule has 1 rings (SSSR count). The van der Waals surface area contributed by atoms with Crippen molar-refractivity contribution in [3.05, 3.63) is 0 Å². The van der Waals surface area contributed by atoms with Crippen molar-refractivity contribution in [2.24, 2.45) is 0 Å². The second-order valence-electron chi connectivity index (χ2n) is 4.96. The summed E-state index contributed by atoms with van der Waals surface area (Å²) in [5.74, 6) is -0.986. The average molecular weight is 215 g/mol. The zero-order valence-electron chi connectivity index (χ0n) is 9.53. The molecule has 0 aromatic carbocycles. The molecule has 1 aliphatic heterocycles. The molecule has 0 aliphatic carbocycles. The molecule has 0 saturated carbocycles. The highest BCUT2D eigenvalue weighted by molar-refractivity contribution is 5.86. The maximum Gasteiger partial charge on any atom is 0.411 e. The third-order valence-electron chi connectivity index (χ3n) is 2.49. The number of amides is 1. The van der Waals surface area contributed by atoms with Crippen molar-refractivity contribution in [2.75, 3.05) is 6.54 Å². The molecule has 1 saturated heterocycles. The largest absolute Gasteiger partial charge is 0.480 e. The Labute approximate surface area is 89.0 Å². The fraction of sp³-hybridized carbons (Fsp3) is 0.800. The zero-order valence-corrected chi connectivity index (χ0v) is 9.53. The molecule has 5 heteroatoms. The maximum absolute atomic E-state index is 11.6. The number of carboxylic acids is 1. The van der Waals surface area contributed by atoms with E-state index >= 15 is 0 Å². The van der Waals surface area contributed by atoms with E-state index in [4.69, 9.17) is 9.84 Å². The number of rotatable bonds is 1. The third-order valence-corrected chi connectivity index (χ3v) is 2.49. The first kappa shape index (κ1) is 11.8. The second-order valence-corrected chi connectivity index (χ2v) is 4.96. The molecular formula is C10H17NO4. The number of hydrogen-bond acceptors (Lipinski definition) is 3. The van der Waals surface area contributed by atoms with Gasteiger partial charge in [0.15, 0.2) is 0 Å². The van der Waals surface area contributed by atoms with Gasteiger partial charge in [0.05, 0.1) is 0 Å². The van der Waals surface area contributed by atoms with Gasteiger partial charge in [-0.2, -0.15) is 0 Å². The molecule has 0 unspecified atom stereocenters. The Kier molecular flexibility index (Phi) is 2.67. The van der Waals surface area contributed by atoms with Gasteiger partial charge in [0.2, 0.25) is 0 Å². The van der Waals surface area contributed by atoms with Crippen molar-refractivity contribution >= 4 is 12.1 Å². The molecule has 1 fully saturated rings. The van der Waals surface area contributed by atoms with Crippen molar-refractivity contribution in [3.8, 4) is 0 Å². The number of carboxylic acid groups (broad SMARTS) is 1. The van der Waals surface area contributed by atoms with E-state index in [2.05, 4.69) is 0 Å². The van der Waals surface area contributed by atoms with E-state index in [9.17, 15) is 9.59 Å². The van der Waals surface area contributed by atoms with Gasteiger partial charge in [-0.15, -0.1) is 0 Å². The van der Waals surface area contributed by atoms with Crippen LogP contribution in [0.2, 0.25) is 0 Å². The lowest BCUT2D eigenvalue weighted by Crippen LogP contribution is -2.65. The summed E-state index contributed by atoms with van der Waals surface area (Å²) >= 11 is 0. The van der Waals surface area contributed by atoms with Crippen molar-refractivity contribution in [1.29, 1.82) is 0 Å². The molecule has 0 bridgehead atoms. The lowest BCUT2D eigenvalue weighted by atomic mass is 9.87. The SMILES string of the molecule is CC(C)(C)OC(=O)N1CC[C@]1(C)C(=O)O. The summed E-state index contributed by atoms with van der Waals surface area (Å²) in [6.07, 6.45) is -0.0830. The van der Waals surface area contributed by atoms with Gasteiger partial charge in [-0.25, -0.2) is 9.59 Å². The van der Waals surface area contributed by atoms with E-state index in [0.717, 1.165) is 0 Å². The fourth-order valence-electron chi connectivity index (χ4n) is 1.39. The average Bonchev–Trinajstić information content (AvgIpc) is 1.96. The van der Waals surface area contributed by atoms with Crippen LogP contribution in [0.15, 0.2) is 0 Å². The molecule has 0 aromatic rings. The first-order valence-electron chi connectivity index (χ1n) is 4.91. The summed E-state index contributed by atoms with van der Waals surface area (Å²) in [5, 5.41) is 8.96. The molecule has 0 aromatic heterocycles. The molecule has 1 amide bonds. The molecule has 1 heterocycles. The van der Waals surface area contributed by atoms with Crippen molar-refractivity contribution in [3.63, 3.8) is 0 Å². The van der Waals surface area contributed by atoms with E-state index in [0.29, 0.717) is 13.0 Å². The van der Waals surface area contributed by atoms with Gasteiger partial charge in [0.1, 0.15) is 11.1 Å². The first-order valence-corrected chi connectivity index (χ1v) is 4.91. The minimum Gasteiger partial charge on any atom is -0.480 e. The molecule has 1 aliphatic rings. The van der Waals surface area contributed by atoms with Gasteiger partial charge >= 0.3 is 12.1 Å². The molecule has 1 atom stereocenters. The summed E-state index contributed by atoms with van der Waals surface area (Å²) in [6, 6.07) is 0. The standard InChI is InChI=1S/C10H17NO4/c1-9(2,3)15-8(14)11-6-5-10(11,4)7(12)13/h5-6H2,1-4H3,(H,12,13)/t10-/m1/s1. The lowest BCUT2D eigenvalue weighted by molar-refractivity contribution is -0.158. The van der Waals surface area contributed by atoms with Crippen LogP contribution in [0.1, 0.15) is 34.1 Å². The number of nitrogens with zero attached hydrogens (tertiary/aromatic N) is 1. The van der Waals surface area contributed by atoms with Crippen LogP contribution < -0.4 is 0 Å². The minimum atomic E-state index is -1.09. The number of carbonyl (C=O) groups is 2. The fourth-order valence-corrected chi connectivity index (χ4v) is 1.39. The highest BCUT2D eigenvalue weighted by atomic mass is 16.6. The van der Waals surface area contributed by atoms with Crippen LogP contribution in [0.3, 0.4) is 0 Å². The quantitative estimate of drug-likeness (QED) is 0.719. The van der Waals surface area contributed by atoms with E-state index in [1.165, 1.54) is 11.8 Å². The smallest absolute Gasteiger partial charge is 0.411 e. The first-order chi connectivity index (χ1) is 6.67. The Morgan fingerprint density at radius 1 is 1.40 bits per heavy atom. The van der Waals surface area contributed by atoms with Crippen LogP contribution in [0, 0.1) is 0 Å². The second kappa shape index (κ2) is 3.40. The number of carbonyl (C=O) groups excluding carboxylic acids is 1. The van der Waals surface area contributed by atoms with Gasteiger partial charge < -0.3 is 9.84 Å². The highest BCUT2D eigenvalue weighted by Gasteiger charge is 2.51. The Bertz CT molecular complexity index is 294. The van der Waals surface area contributed by atoms with Gasteiger partial charge in [0.25, 0.3) is 0 Å². The molecule has 5 nitrogen and oxygen atoms in total. The van der Waals surface area contributed by atoms with Crippen LogP contribution in [0.4, 0.5) is 4.79 Å². The number of ether oxygens (including phenoxy) is 1. The van der Waals surface area contributed by atoms with Crippen molar-refractivity contribution in [1.82, 2.24) is 4.90 Å². The number of likely N-dealkylation sites (tertiary alicyclic amines) is 1. The molecule has 1 N–H and O–H groups in total. The monoisotopic (exact) mass is 215 g/mol. The Hall–Kier alpha value is -1.26.